The first-order valence-corrected chi connectivity index (χ1v) is 7.65. The highest BCUT2D eigenvalue weighted by molar-refractivity contribution is 7.99. The van der Waals surface area contributed by atoms with Gasteiger partial charge in [0.1, 0.15) is 11.5 Å². The Kier molecular flexibility index (Phi) is 4.57. The SMILES string of the molecule is Cc1ccc(C(SCC2CCCC2)C(C)N)o1. The molecule has 96 valence electrons. The molecule has 0 radical (unpaired) electrons. The van der Waals surface area contributed by atoms with Crippen LogP contribution in [0.2, 0.25) is 0 Å². The van der Waals surface area contributed by atoms with Crippen LogP contribution in [0.5, 0.6) is 0 Å². The lowest BCUT2D eigenvalue weighted by molar-refractivity contribution is 0.464. The Labute approximate surface area is 108 Å². The van der Waals surface area contributed by atoms with Crippen LogP contribution in [0.1, 0.15) is 49.4 Å². The molecule has 0 aromatic carbocycles. The maximum absolute atomic E-state index is 6.08. The average Bonchev–Trinajstić information content (AvgIpc) is 2.90. The summed E-state index contributed by atoms with van der Waals surface area (Å²) in [6, 6.07) is 4.25. The molecule has 1 fully saturated rings. The van der Waals surface area contributed by atoms with Gasteiger partial charge in [0.05, 0.1) is 5.25 Å². The molecule has 1 aliphatic rings. The number of aryl methyl sites for hydroxylation is 1. The fourth-order valence-electron chi connectivity index (χ4n) is 2.52. The van der Waals surface area contributed by atoms with Crippen LogP contribution < -0.4 is 5.73 Å². The third-order valence-electron chi connectivity index (χ3n) is 3.51. The molecule has 2 rings (SSSR count). The normalized spacial score (nSPS) is 20.6. The van der Waals surface area contributed by atoms with Gasteiger partial charge in [-0.3, -0.25) is 0 Å². The highest BCUT2D eigenvalue weighted by Gasteiger charge is 2.23. The molecule has 1 aromatic heterocycles. The predicted octanol–water partition coefficient (Wildman–Crippen LogP) is 3.90. The van der Waals surface area contributed by atoms with E-state index in [0.29, 0.717) is 5.25 Å². The molecule has 0 saturated heterocycles. The van der Waals surface area contributed by atoms with Crippen molar-refractivity contribution in [1.29, 1.82) is 0 Å². The Hall–Kier alpha value is -0.410. The topological polar surface area (TPSA) is 39.2 Å². The summed E-state index contributed by atoms with van der Waals surface area (Å²) in [5.74, 6) is 4.15. The third-order valence-corrected chi connectivity index (χ3v) is 5.19. The molecular weight excluding hydrogens is 230 g/mol. The van der Waals surface area contributed by atoms with Crippen molar-refractivity contribution in [2.24, 2.45) is 11.7 Å². The molecule has 2 N–H and O–H groups in total. The molecule has 1 heterocycles. The third kappa shape index (κ3) is 3.52. The van der Waals surface area contributed by atoms with E-state index in [-0.39, 0.29) is 6.04 Å². The van der Waals surface area contributed by atoms with Gasteiger partial charge in [0.2, 0.25) is 0 Å². The van der Waals surface area contributed by atoms with Gasteiger partial charge in [0.15, 0.2) is 0 Å². The quantitative estimate of drug-likeness (QED) is 0.865. The number of nitrogens with two attached hydrogens (primary N) is 1. The first-order chi connectivity index (χ1) is 8.16. The summed E-state index contributed by atoms with van der Waals surface area (Å²) in [6.45, 7) is 4.06. The molecule has 1 aromatic rings. The summed E-state index contributed by atoms with van der Waals surface area (Å²) in [5.41, 5.74) is 6.08. The fraction of sp³-hybridized carbons (Fsp3) is 0.714. The van der Waals surface area contributed by atoms with E-state index in [4.69, 9.17) is 10.2 Å². The fourth-order valence-corrected chi connectivity index (χ4v) is 3.92. The van der Waals surface area contributed by atoms with Gasteiger partial charge in [-0.2, -0.15) is 0 Å². The molecule has 2 atom stereocenters. The predicted molar refractivity (Wildman–Crippen MR) is 74.3 cm³/mol. The smallest absolute Gasteiger partial charge is 0.118 e. The van der Waals surface area contributed by atoms with E-state index in [0.717, 1.165) is 17.4 Å². The number of furan rings is 1. The second kappa shape index (κ2) is 5.96. The Morgan fingerprint density at radius 1 is 1.41 bits per heavy atom. The summed E-state index contributed by atoms with van der Waals surface area (Å²) >= 11 is 1.97. The largest absolute Gasteiger partial charge is 0.465 e. The average molecular weight is 253 g/mol. The van der Waals surface area contributed by atoms with Gasteiger partial charge in [0, 0.05) is 6.04 Å². The summed E-state index contributed by atoms with van der Waals surface area (Å²) in [4.78, 5) is 0. The highest BCUT2D eigenvalue weighted by Crippen LogP contribution is 2.37. The Morgan fingerprint density at radius 2 is 2.12 bits per heavy atom. The maximum Gasteiger partial charge on any atom is 0.118 e. The number of thioether (sulfide) groups is 1. The molecule has 0 aliphatic heterocycles. The minimum absolute atomic E-state index is 0.145. The standard InChI is InChI=1S/C14H23NOS/c1-10-7-8-13(16-10)14(11(2)15)17-9-12-5-3-4-6-12/h7-8,11-12,14H,3-6,9,15H2,1-2H3. The van der Waals surface area contributed by atoms with Gasteiger partial charge in [-0.1, -0.05) is 12.8 Å². The molecule has 0 spiro atoms. The zero-order valence-electron chi connectivity index (χ0n) is 10.8. The molecule has 3 heteroatoms. The molecule has 2 nitrogen and oxygen atoms in total. The van der Waals surface area contributed by atoms with E-state index < -0.39 is 0 Å². The molecule has 2 unspecified atom stereocenters. The van der Waals surface area contributed by atoms with Crippen molar-refractivity contribution < 1.29 is 4.42 Å². The molecule has 0 amide bonds. The molecule has 1 aliphatic carbocycles. The second-order valence-corrected chi connectivity index (χ2v) is 6.39. The lowest BCUT2D eigenvalue weighted by Crippen LogP contribution is -2.23. The van der Waals surface area contributed by atoms with E-state index in [1.54, 1.807) is 0 Å². The van der Waals surface area contributed by atoms with Crippen LogP contribution in [0.3, 0.4) is 0 Å². The maximum atomic E-state index is 6.08. The number of hydrogen-bond acceptors (Lipinski definition) is 3. The molecular formula is C14H23NOS. The van der Waals surface area contributed by atoms with Crippen molar-refractivity contribution in [3.8, 4) is 0 Å². The molecule has 1 saturated carbocycles. The number of hydrogen-bond donors (Lipinski definition) is 1. The van der Waals surface area contributed by atoms with Crippen LogP contribution in [0.25, 0.3) is 0 Å². The summed E-state index contributed by atoms with van der Waals surface area (Å²) in [5, 5.41) is 0.310. The Morgan fingerprint density at radius 3 is 2.65 bits per heavy atom. The monoisotopic (exact) mass is 253 g/mol. The van der Waals surface area contributed by atoms with E-state index in [2.05, 4.69) is 13.0 Å². The van der Waals surface area contributed by atoms with Gasteiger partial charge in [-0.25, -0.2) is 0 Å². The van der Waals surface area contributed by atoms with Crippen molar-refractivity contribution in [2.75, 3.05) is 5.75 Å². The van der Waals surface area contributed by atoms with Crippen LogP contribution in [-0.2, 0) is 0 Å². The van der Waals surface area contributed by atoms with Crippen molar-refractivity contribution >= 4 is 11.8 Å². The van der Waals surface area contributed by atoms with E-state index in [1.165, 1.54) is 31.4 Å². The zero-order valence-corrected chi connectivity index (χ0v) is 11.6. The van der Waals surface area contributed by atoms with Crippen LogP contribution in [0, 0.1) is 12.8 Å². The van der Waals surface area contributed by atoms with Gasteiger partial charge >= 0.3 is 0 Å². The summed E-state index contributed by atoms with van der Waals surface area (Å²) in [6.07, 6.45) is 5.62. The van der Waals surface area contributed by atoms with Crippen molar-refractivity contribution in [1.82, 2.24) is 0 Å². The van der Waals surface area contributed by atoms with Crippen molar-refractivity contribution in [3.05, 3.63) is 23.7 Å². The van der Waals surface area contributed by atoms with Gasteiger partial charge < -0.3 is 10.2 Å². The van der Waals surface area contributed by atoms with Crippen LogP contribution in [0.15, 0.2) is 16.5 Å². The van der Waals surface area contributed by atoms with Crippen molar-refractivity contribution in [2.45, 2.75) is 50.8 Å². The van der Waals surface area contributed by atoms with E-state index >= 15 is 0 Å². The lowest BCUT2D eigenvalue weighted by atomic mass is 10.1. The van der Waals surface area contributed by atoms with Crippen LogP contribution in [0.4, 0.5) is 0 Å². The van der Waals surface area contributed by atoms with Crippen LogP contribution in [-0.4, -0.2) is 11.8 Å². The van der Waals surface area contributed by atoms with Crippen LogP contribution >= 0.6 is 11.8 Å². The highest BCUT2D eigenvalue weighted by atomic mass is 32.2. The lowest BCUT2D eigenvalue weighted by Gasteiger charge is -2.20. The zero-order chi connectivity index (χ0) is 12.3. The minimum Gasteiger partial charge on any atom is -0.465 e. The summed E-state index contributed by atoms with van der Waals surface area (Å²) in [7, 11) is 0. The minimum atomic E-state index is 0.145. The van der Waals surface area contributed by atoms with Gasteiger partial charge in [0.25, 0.3) is 0 Å². The van der Waals surface area contributed by atoms with E-state index in [9.17, 15) is 0 Å². The van der Waals surface area contributed by atoms with Gasteiger partial charge in [-0.05, 0) is 50.5 Å². The first kappa shape index (κ1) is 13.0. The molecule has 17 heavy (non-hydrogen) atoms. The Balaban J connectivity index is 1.92. The van der Waals surface area contributed by atoms with Gasteiger partial charge in [-0.15, -0.1) is 11.8 Å². The van der Waals surface area contributed by atoms with Crippen molar-refractivity contribution in [3.63, 3.8) is 0 Å². The molecule has 0 bridgehead atoms. The van der Waals surface area contributed by atoms with E-state index in [1.807, 2.05) is 24.8 Å². The summed E-state index contributed by atoms with van der Waals surface area (Å²) < 4.78 is 5.72. The Bertz CT molecular complexity index is 342. The number of rotatable bonds is 5. The second-order valence-electron chi connectivity index (χ2n) is 5.21. The first-order valence-electron chi connectivity index (χ1n) is 6.60.